The van der Waals surface area contributed by atoms with Gasteiger partial charge >= 0.3 is 29.6 Å². The van der Waals surface area contributed by atoms with Gasteiger partial charge in [0, 0.05) is 12.3 Å². The van der Waals surface area contributed by atoms with Gasteiger partial charge in [0.1, 0.15) is 32.3 Å². The van der Waals surface area contributed by atoms with Gasteiger partial charge in [-0.25, -0.2) is 13.4 Å². The molecule has 12 heteroatoms. The summed E-state index contributed by atoms with van der Waals surface area (Å²) >= 11 is 11.8. The van der Waals surface area contributed by atoms with E-state index in [1.165, 1.54) is 42.6 Å². The van der Waals surface area contributed by atoms with Gasteiger partial charge in [-0.1, -0.05) is 23.2 Å². The SMILES string of the molecule is O=S(=O)([O-])c1ccc(N=Nc2cc(Oc3ncc(Cl)cc3Cl)ccc2O)cc1.[Na+]. The summed E-state index contributed by atoms with van der Waals surface area (Å²) in [5, 5.41) is 18.3. The van der Waals surface area contributed by atoms with Gasteiger partial charge in [0.25, 0.3) is 0 Å². The first kappa shape index (κ1) is 23.6. The van der Waals surface area contributed by atoms with Crippen LogP contribution in [0.2, 0.25) is 10.0 Å². The fourth-order valence-corrected chi connectivity index (χ4v) is 2.91. The van der Waals surface area contributed by atoms with E-state index < -0.39 is 10.1 Å². The Morgan fingerprint density at radius 3 is 2.34 bits per heavy atom. The molecule has 3 rings (SSSR count). The predicted molar refractivity (Wildman–Crippen MR) is 101 cm³/mol. The Morgan fingerprint density at radius 1 is 1.03 bits per heavy atom. The maximum absolute atomic E-state index is 10.9. The van der Waals surface area contributed by atoms with Crippen molar-refractivity contribution in [2.24, 2.45) is 10.2 Å². The Balaban J connectivity index is 0.00000300. The molecule has 0 radical (unpaired) electrons. The van der Waals surface area contributed by atoms with E-state index in [-0.39, 0.29) is 68.2 Å². The minimum Gasteiger partial charge on any atom is -0.744 e. The number of hydrogen-bond acceptors (Lipinski definition) is 8. The van der Waals surface area contributed by atoms with Crippen LogP contribution < -0.4 is 34.3 Å². The van der Waals surface area contributed by atoms with E-state index >= 15 is 0 Å². The molecule has 0 fully saturated rings. The molecule has 0 spiro atoms. The van der Waals surface area contributed by atoms with E-state index in [2.05, 4.69) is 15.2 Å². The van der Waals surface area contributed by atoms with E-state index in [0.29, 0.717) is 5.02 Å². The average molecular weight is 462 g/mol. The number of rotatable bonds is 5. The maximum atomic E-state index is 10.9. The molecule has 0 amide bonds. The van der Waals surface area contributed by atoms with Crippen LogP contribution in [0, 0.1) is 0 Å². The normalized spacial score (nSPS) is 11.3. The summed E-state index contributed by atoms with van der Waals surface area (Å²) in [6.07, 6.45) is 1.37. The summed E-state index contributed by atoms with van der Waals surface area (Å²) in [5.74, 6) is 0.246. The summed E-state index contributed by atoms with van der Waals surface area (Å²) in [6, 6.07) is 10.6. The summed E-state index contributed by atoms with van der Waals surface area (Å²) in [5.41, 5.74) is 0.364. The number of halogens is 2. The molecule has 0 saturated heterocycles. The number of pyridine rings is 1. The van der Waals surface area contributed by atoms with E-state index in [0.717, 1.165) is 12.1 Å². The number of nitrogens with zero attached hydrogens (tertiary/aromatic N) is 3. The molecule has 1 heterocycles. The third-order valence-corrected chi connectivity index (χ3v) is 4.66. The van der Waals surface area contributed by atoms with Crippen molar-refractivity contribution in [3.8, 4) is 17.4 Å². The average Bonchev–Trinajstić information content (AvgIpc) is 2.64. The van der Waals surface area contributed by atoms with Gasteiger partial charge in [-0.3, -0.25) is 0 Å². The van der Waals surface area contributed by atoms with E-state index in [1.54, 1.807) is 0 Å². The van der Waals surface area contributed by atoms with Crippen LogP contribution in [0.1, 0.15) is 0 Å². The van der Waals surface area contributed by atoms with Crippen molar-refractivity contribution in [1.29, 1.82) is 0 Å². The van der Waals surface area contributed by atoms with Gasteiger partial charge in [0.15, 0.2) is 0 Å². The first-order valence-corrected chi connectivity index (χ1v) is 9.68. The second-order valence-electron chi connectivity index (χ2n) is 5.34. The molecule has 0 aliphatic rings. The van der Waals surface area contributed by atoms with Crippen LogP contribution >= 0.6 is 23.2 Å². The second-order valence-corrected chi connectivity index (χ2v) is 7.56. The summed E-state index contributed by atoms with van der Waals surface area (Å²) in [6.45, 7) is 0. The molecule has 0 atom stereocenters. The zero-order valence-corrected chi connectivity index (χ0v) is 19.1. The Bertz CT molecular complexity index is 1160. The number of aromatic nitrogens is 1. The molecule has 2 aromatic carbocycles. The van der Waals surface area contributed by atoms with Crippen molar-refractivity contribution in [2.45, 2.75) is 4.90 Å². The Kier molecular flexibility index (Phi) is 8.01. The molecule has 0 saturated carbocycles. The number of ether oxygens (including phenoxy) is 1. The number of phenolic OH excluding ortho intramolecular Hbond substituents is 1. The first-order valence-electron chi connectivity index (χ1n) is 7.52. The Morgan fingerprint density at radius 2 is 1.72 bits per heavy atom. The van der Waals surface area contributed by atoms with Crippen LogP contribution in [-0.2, 0) is 10.1 Å². The summed E-state index contributed by atoms with van der Waals surface area (Å²) in [4.78, 5) is 3.59. The Hall–Kier alpha value is -1.72. The number of benzene rings is 2. The third-order valence-electron chi connectivity index (χ3n) is 3.33. The van der Waals surface area contributed by atoms with Crippen molar-refractivity contribution in [3.63, 3.8) is 0 Å². The number of azo groups is 1. The zero-order valence-electron chi connectivity index (χ0n) is 14.8. The van der Waals surface area contributed by atoms with Gasteiger partial charge in [-0.2, -0.15) is 5.11 Å². The zero-order chi connectivity index (χ0) is 20.3. The first-order chi connectivity index (χ1) is 13.2. The molecular weight excluding hydrogens is 452 g/mol. The van der Waals surface area contributed by atoms with E-state index in [9.17, 15) is 18.1 Å². The van der Waals surface area contributed by atoms with Gasteiger partial charge in [-0.05, 0) is 42.5 Å². The number of phenols is 1. The minimum absolute atomic E-state index is 0. The maximum Gasteiger partial charge on any atom is 1.00 e. The van der Waals surface area contributed by atoms with Crippen molar-refractivity contribution in [3.05, 3.63) is 64.8 Å². The van der Waals surface area contributed by atoms with Crippen LogP contribution in [0.25, 0.3) is 0 Å². The van der Waals surface area contributed by atoms with Crippen LogP contribution in [-0.4, -0.2) is 23.1 Å². The quantitative estimate of drug-likeness (QED) is 0.352. The standard InChI is InChI=1S/C17H11Cl2N3O5S.Na/c18-10-7-14(19)17(20-9-10)27-12-3-6-16(23)15(8-12)22-21-11-1-4-13(5-2-11)28(24,25)26;/h1-9,23H,(H,24,25,26);/q;+1/p-1. The molecule has 0 unspecified atom stereocenters. The predicted octanol–water partition coefficient (Wildman–Crippen LogP) is 2.21. The molecular formula is C17H10Cl2N3NaO5S. The van der Waals surface area contributed by atoms with Crippen molar-refractivity contribution < 1.29 is 52.4 Å². The molecule has 0 bridgehead atoms. The molecule has 144 valence electrons. The van der Waals surface area contributed by atoms with E-state index in [1.807, 2.05) is 0 Å². The van der Waals surface area contributed by atoms with Crippen molar-refractivity contribution >= 4 is 44.7 Å². The topological polar surface area (TPSA) is 124 Å². The molecule has 0 aliphatic carbocycles. The van der Waals surface area contributed by atoms with Crippen molar-refractivity contribution in [1.82, 2.24) is 4.98 Å². The van der Waals surface area contributed by atoms with Crippen LogP contribution in [0.5, 0.6) is 17.4 Å². The van der Waals surface area contributed by atoms with Crippen LogP contribution in [0.3, 0.4) is 0 Å². The molecule has 29 heavy (non-hydrogen) atoms. The molecule has 3 aromatic rings. The Labute approximate surface area is 198 Å². The number of hydrogen-bond donors (Lipinski definition) is 1. The van der Waals surface area contributed by atoms with E-state index in [4.69, 9.17) is 27.9 Å². The summed E-state index contributed by atoms with van der Waals surface area (Å²) < 4.78 is 38.3. The van der Waals surface area contributed by atoms with Gasteiger partial charge in [0.05, 0.1) is 15.6 Å². The molecule has 1 aromatic heterocycles. The van der Waals surface area contributed by atoms with Crippen LogP contribution in [0.15, 0.2) is 69.9 Å². The number of aromatic hydroxyl groups is 1. The largest absolute Gasteiger partial charge is 1.00 e. The van der Waals surface area contributed by atoms with Crippen molar-refractivity contribution in [2.75, 3.05) is 0 Å². The minimum atomic E-state index is -4.54. The third kappa shape index (κ3) is 6.38. The fraction of sp³-hybridized carbons (Fsp3) is 0. The molecule has 1 N–H and O–H groups in total. The molecule has 8 nitrogen and oxygen atoms in total. The van der Waals surface area contributed by atoms with Crippen LogP contribution in [0.4, 0.5) is 11.4 Å². The summed E-state index contributed by atoms with van der Waals surface area (Å²) in [7, 11) is -4.54. The van der Waals surface area contributed by atoms with Gasteiger partial charge in [0.2, 0.25) is 5.88 Å². The molecule has 0 aliphatic heterocycles. The van der Waals surface area contributed by atoms with Gasteiger partial charge < -0.3 is 14.4 Å². The smallest absolute Gasteiger partial charge is 0.744 e. The van der Waals surface area contributed by atoms with Gasteiger partial charge in [-0.15, -0.1) is 5.11 Å². The monoisotopic (exact) mass is 461 g/mol. The second kappa shape index (κ2) is 9.86. The fourth-order valence-electron chi connectivity index (χ4n) is 2.03.